The lowest BCUT2D eigenvalue weighted by molar-refractivity contribution is -0.139. The Labute approximate surface area is 237 Å². The Bertz CT molecular complexity index is 1290. The van der Waals surface area contributed by atoms with Crippen LogP contribution >= 0.6 is 23.4 Å². The summed E-state index contributed by atoms with van der Waals surface area (Å²) in [5, 5.41) is 6.29. The molecule has 8 nitrogen and oxygen atoms in total. The van der Waals surface area contributed by atoms with E-state index in [-0.39, 0.29) is 18.9 Å². The number of amides is 1. The predicted octanol–water partition coefficient (Wildman–Crippen LogP) is 4.45. The van der Waals surface area contributed by atoms with Crippen LogP contribution in [0.15, 0.2) is 76.3 Å². The molecule has 3 heterocycles. The van der Waals surface area contributed by atoms with E-state index in [2.05, 4.69) is 10.2 Å². The van der Waals surface area contributed by atoms with E-state index in [1.807, 2.05) is 52.8 Å². The van der Waals surface area contributed by atoms with Crippen molar-refractivity contribution in [3.8, 4) is 0 Å². The first-order valence-corrected chi connectivity index (χ1v) is 14.3. The molecular weight excluding hydrogens is 536 g/mol. The SMILES string of the molecule is CCOC(=O)C1=C(c2ccccc2)N=C2SC=C(CC(=O)NCCN3CCOCC3)N2[C@H]1c1ccc(Cl)cc1. The van der Waals surface area contributed by atoms with Crippen LogP contribution in [-0.4, -0.2) is 72.8 Å². The molecule has 0 aromatic heterocycles. The van der Waals surface area contributed by atoms with Crippen LogP contribution in [0, 0.1) is 0 Å². The molecule has 0 bridgehead atoms. The Morgan fingerprint density at radius 3 is 2.59 bits per heavy atom. The zero-order chi connectivity index (χ0) is 27.2. The molecular formula is C29H31ClN4O4S. The number of morpholine rings is 1. The molecule has 3 aliphatic heterocycles. The first-order valence-electron chi connectivity index (χ1n) is 13.1. The fourth-order valence-electron chi connectivity index (χ4n) is 4.85. The summed E-state index contributed by atoms with van der Waals surface area (Å²) in [6.07, 6.45) is 0.163. The molecule has 0 aliphatic carbocycles. The maximum atomic E-state index is 13.5. The zero-order valence-electron chi connectivity index (χ0n) is 21.8. The molecule has 0 spiro atoms. The highest BCUT2D eigenvalue weighted by atomic mass is 35.5. The highest BCUT2D eigenvalue weighted by molar-refractivity contribution is 8.16. The number of ether oxygens (including phenoxy) is 2. The van der Waals surface area contributed by atoms with Gasteiger partial charge in [-0.25, -0.2) is 9.79 Å². The summed E-state index contributed by atoms with van der Waals surface area (Å²) in [7, 11) is 0. The van der Waals surface area contributed by atoms with Gasteiger partial charge in [-0.1, -0.05) is 65.8 Å². The number of carbonyl (C=O) groups is 2. The van der Waals surface area contributed by atoms with Crippen molar-refractivity contribution in [1.29, 1.82) is 0 Å². The van der Waals surface area contributed by atoms with E-state index >= 15 is 0 Å². The average Bonchev–Trinajstić information content (AvgIpc) is 3.36. The Morgan fingerprint density at radius 2 is 1.87 bits per heavy atom. The number of nitrogens with zero attached hydrogens (tertiary/aromatic N) is 3. The molecule has 2 aromatic carbocycles. The number of nitrogens with one attached hydrogen (secondary N) is 1. The van der Waals surface area contributed by atoms with Gasteiger partial charge in [0.2, 0.25) is 5.91 Å². The minimum Gasteiger partial charge on any atom is -0.463 e. The molecule has 1 N–H and O–H groups in total. The highest BCUT2D eigenvalue weighted by Gasteiger charge is 2.42. The van der Waals surface area contributed by atoms with Crippen LogP contribution in [0.25, 0.3) is 5.70 Å². The van der Waals surface area contributed by atoms with E-state index in [1.54, 1.807) is 19.1 Å². The van der Waals surface area contributed by atoms with E-state index in [1.165, 1.54) is 11.8 Å². The van der Waals surface area contributed by atoms with Crippen LogP contribution in [0.4, 0.5) is 0 Å². The van der Waals surface area contributed by atoms with Gasteiger partial charge in [0.1, 0.15) is 0 Å². The quantitative estimate of drug-likeness (QED) is 0.449. The van der Waals surface area contributed by atoms with Gasteiger partial charge in [-0.2, -0.15) is 0 Å². The van der Waals surface area contributed by atoms with Crippen LogP contribution < -0.4 is 5.32 Å². The second-order valence-electron chi connectivity index (χ2n) is 9.28. The van der Waals surface area contributed by atoms with E-state index < -0.39 is 12.0 Å². The lowest BCUT2D eigenvalue weighted by atomic mass is 9.91. The smallest absolute Gasteiger partial charge is 0.338 e. The standard InChI is InChI=1S/C29H31ClN4O4S/c1-2-38-28(36)25-26(20-6-4-3-5-7-20)32-29-34(27(25)21-8-10-22(30)11-9-21)23(19-39-29)18-24(35)31-12-13-33-14-16-37-17-15-33/h3-11,19,27H,2,12-18H2,1H3,(H,31,35)/t27-/m0/s1. The lowest BCUT2D eigenvalue weighted by Crippen LogP contribution is -2.42. The number of thioether (sulfide) groups is 1. The van der Waals surface area contributed by atoms with Crippen LogP contribution in [-0.2, 0) is 19.1 Å². The molecule has 10 heteroatoms. The molecule has 1 amide bonds. The second-order valence-corrected chi connectivity index (χ2v) is 10.5. The van der Waals surface area contributed by atoms with Crippen molar-refractivity contribution >= 4 is 46.1 Å². The van der Waals surface area contributed by atoms with E-state index in [0.717, 1.165) is 49.7 Å². The lowest BCUT2D eigenvalue weighted by Gasteiger charge is -2.36. The van der Waals surface area contributed by atoms with Crippen molar-refractivity contribution < 1.29 is 19.1 Å². The van der Waals surface area contributed by atoms with Gasteiger partial charge in [0, 0.05) is 42.5 Å². The Kier molecular flexibility index (Phi) is 9.03. The number of carbonyl (C=O) groups excluding carboxylic acids is 2. The first kappa shape index (κ1) is 27.5. The summed E-state index contributed by atoms with van der Waals surface area (Å²) in [5.74, 6) is -0.521. The normalized spacial score (nSPS) is 19.3. The topological polar surface area (TPSA) is 83.5 Å². The zero-order valence-corrected chi connectivity index (χ0v) is 23.3. The summed E-state index contributed by atoms with van der Waals surface area (Å²) >= 11 is 7.67. The molecule has 39 heavy (non-hydrogen) atoms. The fraction of sp³-hybridized carbons (Fsp3) is 0.345. The molecule has 1 atom stereocenters. The molecule has 2 aromatic rings. The number of benzene rings is 2. The van der Waals surface area contributed by atoms with Crippen LogP contribution in [0.5, 0.6) is 0 Å². The van der Waals surface area contributed by atoms with Gasteiger partial charge in [0.15, 0.2) is 5.17 Å². The molecule has 204 valence electrons. The molecule has 1 saturated heterocycles. The summed E-state index contributed by atoms with van der Waals surface area (Å²) in [4.78, 5) is 35.7. The molecule has 0 radical (unpaired) electrons. The average molecular weight is 567 g/mol. The Hall–Kier alpha value is -3.11. The minimum atomic E-state index is -0.536. The van der Waals surface area contributed by atoms with Crippen molar-refractivity contribution in [2.45, 2.75) is 19.4 Å². The van der Waals surface area contributed by atoms with Crippen LogP contribution in [0.1, 0.15) is 30.5 Å². The van der Waals surface area contributed by atoms with Crippen LogP contribution in [0.3, 0.4) is 0 Å². The van der Waals surface area contributed by atoms with Gasteiger partial charge in [-0.15, -0.1) is 0 Å². The number of halogens is 1. The van der Waals surface area contributed by atoms with Crippen molar-refractivity contribution in [3.05, 3.63) is 87.4 Å². The van der Waals surface area contributed by atoms with E-state index in [4.69, 9.17) is 26.1 Å². The third-order valence-electron chi connectivity index (χ3n) is 6.73. The minimum absolute atomic E-state index is 0.0817. The first-order chi connectivity index (χ1) is 19.0. The monoisotopic (exact) mass is 566 g/mol. The van der Waals surface area contributed by atoms with E-state index in [0.29, 0.717) is 28.0 Å². The molecule has 0 saturated carbocycles. The second kappa shape index (κ2) is 12.8. The number of aliphatic imine (C=N–C) groups is 1. The third-order valence-corrected chi connectivity index (χ3v) is 7.87. The molecule has 0 unspecified atom stereocenters. The summed E-state index contributed by atoms with van der Waals surface area (Å²) in [6.45, 7) is 6.56. The number of esters is 1. The Balaban J connectivity index is 1.44. The highest BCUT2D eigenvalue weighted by Crippen LogP contribution is 2.47. The maximum absolute atomic E-state index is 13.5. The number of hydrogen-bond donors (Lipinski definition) is 1. The summed E-state index contributed by atoms with van der Waals surface area (Å²) in [5.41, 5.74) is 3.44. The van der Waals surface area contributed by atoms with Gasteiger partial charge in [0.25, 0.3) is 0 Å². The van der Waals surface area contributed by atoms with Gasteiger partial charge in [0.05, 0.1) is 43.6 Å². The van der Waals surface area contributed by atoms with Crippen molar-refractivity contribution in [2.75, 3.05) is 46.0 Å². The van der Waals surface area contributed by atoms with Gasteiger partial charge in [-0.05, 0) is 30.0 Å². The molecule has 5 rings (SSSR count). The maximum Gasteiger partial charge on any atom is 0.338 e. The number of fused-ring (bicyclic) bond motifs is 1. The largest absolute Gasteiger partial charge is 0.463 e. The number of amidine groups is 1. The predicted molar refractivity (Wildman–Crippen MR) is 154 cm³/mol. The van der Waals surface area contributed by atoms with Crippen molar-refractivity contribution in [3.63, 3.8) is 0 Å². The van der Waals surface area contributed by atoms with Gasteiger partial charge < -0.3 is 19.7 Å². The van der Waals surface area contributed by atoms with Gasteiger partial charge in [-0.3, -0.25) is 9.69 Å². The fourth-order valence-corrected chi connectivity index (χ4v) is 5.90. The molecule has 3 aliphatic rings. The third kappa shape index (κ3) is 6.38. The Morgan fingerprint density at radius 1 is 1.13 bits per heavy atom. The van der Waals surface area contributed by atoms with E-state index in [9.17, 15) is 9.59 Å². The van der Waals surface area contributed by atoms with Crippen LogP contribution in [0.2, 0.25) is 5.02 Å². The van der Waals surface area contributed by atoms with Crippen molar-refractivity contribution in [1.82, 2.24) is 15.1 Å². The number of hydrogen-bond acceptors (Lipinski definition) is 8. The summed E-state index contributed by atoms with van der Waals surface area (Å²) in [6, 6.07) is 16.5. The number of rotatable bonds is 9. The molecule has 1 fully saturated rings. The van der Waals surface area contributed by atoms with Crippen molar-refractivity contribution in [2.24, 2.45) is 4.99 Å². The van der Waals surface area contributed by atoms with Gasteiger partial charge >= 0.3 is 5.97 Å². The summed E-state index contributed by atoms with van der Waals surface area (Å²) < 4.78 is 10.9.